The van der Waals surface area contributed by atoms with E-state index in [2.05, 4.69) is 22.4 Å². The van der Waals surface area contributed by atoms with Gasteiger partial charge < -0.3 is 14.6 Å². The van der Waals surface area contributed by atoms with E-state index in [0.29, 0.717) is 36.5 Å². The Morgan fingerprint density at radius 2 is 2.32 bits per heavy atom. The van der Waals surface area contributed by atoms with Crippen LogP contribution in [0.2, 0.25) is 5.02 Å². The van der Waals surface area contributed by atoms with E-state index in [0.717, 1.165) is 12.1 Å². The summed E-state index contributed by atoms with van der Waals surface area (Å²) in [6, 6.07) is 7.46. The van der Waals surface area contributed by atoms with Crippen LogP contribution in [-0.4, -0.2) is 16.7 Å². The Morgan fingerprint density at radius 1 is 1.42 bits per heavy atom. The summed E-state index contributed by atoms with van der Waals surface area (Å²) in [5, 5.41) is 7.69. The molecule has 0 aliphatic rings. The Morgan fingerprint density at radius 3 is 3.11 bits per heavy atom. The first-order valence-corrected chi connectivity index (χ1v) is 6.54. The van der Waals surface area contributed by atoms with Crippen LogP contribution < -0.4 is 5.32 Å². The summed E-state index contributed by atoms with van der Waals surface area (Å²) in [5.74, 6) is 1.09. The van der Waals surface area contributed by atoms with Crippen molar-refractivity contribution in [2.75, 3.05) is 11.9 Å². The SMILES string of the molecule is CCCOCc1noc(CNc2cccc(Cl)c2)n1. The number of ether oxygens (including phenoxy) is 1. The van der Waals surface area contributed by atoms with Crippen LogP contribution in [0.1, 0.15) is 25.1 Å². The summed E-state index contributed by atoms with van der Waals surface area (Å²) >= 11 is 5.89. The van der Waals surface area contributed by atoms with Crippen molar-refractivity contribution in [1.82, 2.24) is 10.1 Å². The molecule has 0 spiro atoms. The van der Waals surface area contributed by atoms with Gasteiger partial charge in [-0.25, -0.2) is 0 Å². The van der Waals surface area contributed by atoms with Gasteiger partial charge in [-0.3, -0.25) is 0 Å². The predicted octanol–water partition coefficient (Wildman–Crippen LogP) is 3.26. The third-order valence-corrected chi connectivity index (χ3v) is 2.59. The monoisotopic (exact) mass is 281 g/mol. The predicted molar refractivity (Wildman–Crippen MR) is 73.0 cm³/mol. The zero-order valence-electron chi connectivity index (χ0n) is 10.7. The van der Waals surface area contributed by atoms with Gasteiger partial charge in [0, 0.05) is 17.3 Å². The summed E-state index contributed by atoms with van der Waals surface area (Å²) in [6.45, 7) is 3.59. The Labute approximate surface area is 116 Å². The van der Waals surface area contributed by atoms with Crippen LogP contribution in [0.15, 0.2) is 28.8 Å². The summed E-state index contributed by atoms with van der Waals surface area (Å²) in [7, 11) is 0. The van der Waals surface area contributed by atoms with E-state index in [1.807, 2.05) is 24.3 Å². The molecule has 0 fully saturated rings. The second-order valence-corrected chi connectivity index (χ2v) is 4.46. The molecular formula is C13H16ClN3O2. The molecule has 1 heterocycles. The van der Waals surface area contributed by atoms with E-state index in [1.54, 1.807) is 0 Å². The normalized spacial score (nSPS) is 10.6. The number of nitrogens with one attached hydrogen (secondary N) is 1. The number of hydrogen-bond acceptors (Lipinski definition) is 5. The smallest absolute Gasteiger partial charge is 0.246 e. The number of hydrogen-bond donors (Lipinski definition) is 1. The van der Waals surface area contributed by atoms with Crippen LogP contribution in [0, 0.1) is 0 Å². The molecule has 1 N–H and O–H groups in total. The molecule has 0 radical (unpaired) electrons. The van der Waals surface area contributed by atoms with Gasteiger partial charge in [0.1, 0.15) is 6.61 Å². The van der Waals surface area contributed by atoms with Crippen LogP contribution in [0.4, 0.5) is 5.69 Å². The number of nitrogens with zero attached hydrogens (tertiary/aromatic N) is 2. The van der Waals surface area contributed by atoms with Crippen LogP contribution in [0.25, 0.3) is 0 Å². The molecule has 0 saturated heterocycles. The van der Waals surface area contributed by atoms with Gasteiger partial charge in [-0.05, 0) is 24.6 Å². The number of benzene rings is 1. The minimum atomic E-state index is 0.383. The molecule has 0 aliphatic carbocycles. The fraction of sp³-hybridized carbons (Fsp3) is 0.385. The number of halogens is 1. The van der Waals surface area contributed by atoms with E-state index in [4.69, 9.17) is 20.9 Å². The number of aromatic nitrogens is 2. The molecule has 0 amide bonds. The van der Waals surface area contributed by atoms with E-state index in [9.17, 15) is 0 Å². The van der Waals surface area contributed by atoms with Crippen molar-refractivity contribution in [2.24, 2.45) is 0 Å². The second-order valence-electron chi connectivity index (χ2n) is 4.02. The lowest BCUT2D eigenvalue weighted by atomic mass is 10.3. The molecule has 0 bridgehead atoms. The molecule has 1 aromatic carbocycles. The molecule has 2 aromatic rings. The Hall–Kier alpha value is -1.59. The van der Waals surface area contributed by atoms with Crippen LogP contribution in [0.5, 0.6) is 0 Å². The van der Waals surface area contributed by atoms with Crippen LogP contribution >= 0.6 is 11.6 Å². The average Bonchev–Trinajstić information content (AvgIpc) is 2.85. The lowest BCUT2D eigenvalue weighted by Crippen LogP contribution is -2.00. The van der Waals surface area contributed by atoms with Gasteiger partial charge in [0.2, 0.25) is 5.89 Å². The quantitative estimate of drug-likeness (QED) is 0.789. The molecule has 5 nitrogen and oxygen atoms in total. The van der Waals surface area contributed by atoms with Gasteiger partial charge in [0.25, 0.3) is 0 Å². The fourth-order valence-electron chi connectivity index (χ4n) is 1.50. The second kappa shape index (κ2) is 7.11. The first-order valence-electron chi connectivity index (χ1n) is 6.16. The molecule has 6 heteroatoms. The van der Waals surface area contributed by atoms with Gasteiger partial charge in [-0.1, -0.05) is 29.7 Å². The van der Waals surface area contributed by atoms with E-state index >= 15 is 0 Å². The van der Waals surface area contributed by atoms with Crippen LogP contribution in [-0.2, 0) is 17.9 Å². The zero-order chi connectivity index (χ0) is 13.5. The van der Waals surface area contributed by atoms with Gasteiger partial charge in [-0.15, -0.1) is 0 Å². The largest absolute Gasteiger partial charge is 0.376 e. The van der Waals surface area contributed by atoms with Crippen molar-refractivity contribution in [3.8, 4) is 0 Å². The summed E-state index contributed by atoms with van der Waals surface area (Å²) < 4.78 is 10.4. The van der Waals surface area contributed by atoms with Gasteiger partial charge in [0.05, 0.1) is 6.54 Å². The molecular weight excluding hydrogens is 266 g/mol. The first kappa shape index (κ1) is 13.8. The molecule has 19 heavy (non-hydrogen) atoms. The molecule has 2 rings (SSSR count). The molecule has 0 unspecified atom stereocenters. The highest BCUT2D eigenvalue weighted by molar-refractivity contribution is 6.30. The zero-order valence-corrected chi connectivity index (χ0v) is 11.5. The third-order valence-electron chi connectivity index (χ3n) is 2.36. The van der Waals surface area contributed by atoms with Crippen LogP contribution in [0.3, 0.4) is 0 Å². The lowest BCUT2D eigenvalue weighted by Gasteiger charge is -2.02. The summed E-state index contributed by atoms with van der Waals surface area (Å²) in [5.41, 5.74) is 0.912. The molecule has 1 aromatic heterocycles. The van der Waals surface area contributed by atoms with Gasteiger partial charge >= 0.3 is 0 Å². The van der Waals surface area contributed by atoms with Gasteiger partial charge in [0.15, 0.2) is 5.82 Å². The molecule has 0 saturated carbocycles. The van der Waals surface area contributed by atoms with Crippen molar-refractivity contribution < 1.29 is 9.26 Å². The maximum absolute atomic E-state index is 5.89. The highest BCUT2D eigenvalue weighted by Crippen LogP contribution is 2.15. The van der Waals surface area contributed by atoms with Crippen molar-refractivity contribution in [1.29, 1.82) is 0 Å². The maximum atomic E-state index is 5.89. The molecule has 0 atom stereocenters. The van der Waals surface area contributed by atoms with Crippen molar-refractivity contribution in [2.45, 2.75) is 26.5 Å². The standard InChI is InChI=1S/C13H16ClN3O2/c1-2-6-18-9-12-16-13(19-17-12)8-15-11-5-3-4-10(14)7-11/h3-5,7,15H,2,6,8-9H2,1H3. The number of rotatable bonds is 7. The van der Waals surface area contributed by atoms with E-state index < -0.39 is 0 Å². The Balaban J connectivity index is 1.83. The highest BCUT2D eigenvalue weighted by Gasteiger charge is 2.06. The maximum Gasteiger partial charge on any atom is 0.246 e. The van der Waals surface area contributed by atoms with Crippen molar-refractivity contribution in [3.63, 3.8) is 0 Å². The van der Waals surface area contributed by atoms with Gasteiger partial charge in [-0.2, -0.15) is 4.98 Å². The average molecular weight is 282 g/mol. The van der Waals surface area contributed by atoms with Crippen molar-refractivity contribution in [3.05, 3.63) is 41.0 Å². The van der Waals surface area contributed by atoms with Crippen molar-refractivity contribution >= 4 is 17.3 Å². The summed E-state index contributed by atoms with van der Waals surface area (Å²) in [4.78, 5) is 4.22. The number of anilines is 1. The highest BCUT2D eigenvalue weighted by atomic mass is 35.5. The Bertz CT molecular complexity index is 516. The van der Waals surface area contributed by atoms with E-state index in [1.165, 1.54) is 0 Å². The minimum absolute atomic E-state index is 0.383. The summed E-state index contributed by atoms with van der Waals surface area (Å²) in [6.07, 6.45) is 0.973. The molecule has 102 valence electrons. The Kier molecular flexibility index (Phi) is 5.18. The fourth-order valence-corrected chi connectivity index (χ4v) is 1.69. The first-order chi connectivity index (χ1) is 9.28. The minimum Gasteiger partial charge on any atom is -0.376 e. The lowest BCUT2D eigenvalue weighted by molar-refractivity contribution is 0.114. The molecule has 0 aliphatic heterocycles. The van der Waals surface area contributed by atoms with E-state index in [-0.39, 0.29) is 0 Å². The third kappa shape index (κ3) is 4.54. The topological polar surface area (TPSA) is 60.2 Å².